The highest BCUT2D eigenvalue weighted by atomic mass is 127. The van der Waals surface area contributed by atoms with Crippen LogP contribution in [0.4, 0.5) is 4.39 Å². The first-order valence-electron chi connectivity index (χ1n) is 8.99. The van der Waals surface area contributed by atoms with E-state index in [4.69, 9.17) is 20.9 Å². The van der Waals surface area contributed by atoms with Crippen molar-refractivity contribution in [3.8, 4) is 17.1 Å². The van der Waals surface area contributed by atoms with Gasteiger partial charge in [0.2, 0.25) is 11.7 Å². The fourth-order valence-corrected chi connectivity index (χ4v) is 2.58. The van der Waals surface area contributed by atoms with Gasteiger partial charge in [-0.1, -0.05) is 16.8 Å². The zero-order valence-electron chi connectivity index (χ0n) is 16.4. The lowest BCUT2D eigenvalue weighted by atomic mass is 10.2. The first-order valence-corrected chi connectivity index (χ1v) is 9.36. The van der Waals surface area contributed by atoms with E-state index in [2.05, 4.69) is 25.8 Å². The molecule has 7 nitrogen and oxygen atoms in total. The third-order valence-electron chi connectivity index (χ3n) is 3.91. The van der Waals surface area contributed by atoms with E-state index in [0.29, 0.717) is 41.5 Å². The number of guanidine groups is 1. The summed E-state index contributed by atoms with van der Waals surface area (Å²) in [5.74, 6) is 1.78. The second-order valence-electron chi connectivity index (χ2n) is 6.21. The molecule has 0 radical (unpaired) electrons. The number of rotatable bonds is 7. The smallest absolute Gasteiger partial charge is 0.246 e. The monoisotopic (exact) mass is 545 g/mol. The van der Waals surface area contributed by atoms with E-state index >= 15 is 0 Å². The number of benzene rings is 2. The van der Waals surface area contributed by atoms with Gasteiger partial charge in [0, 0.05) is 17.6 Å². The van der Waals surface area contributed by atoms with E-state index in [-0.39, 0.29) is 35.9 Å². The van der Waals surface area contributed by atoms with E-state index in [1.54, 1.807) is 31.3 Å². The number of aromatic nitrogens is 2. The lowest BCUT2D eigenvalue weighted by molar-refractivity contribution is 0.223. The molecule has 0 saturated carbocycles. The van der Waals surface area contributed by atoms with Crippen LogP contribution in [0.25, 0.3) is 11.4 Å². The Hall–Kier alpha value is -2.40. The number of hydrogen-bond donors (Lipinski definition) is 2. The Morgan fingerprint density at radius 3 is 2.53 bits per heavy atom. The molecule has 30 heavy (non-hydrogen) atoms. The van der Waals surface area contributed by atoms with E-state index < -0.39 is 0 Å². The van der Waals surface area contributed by atoms with Crippen molar-refractivity contribution in [2.45, 2.75) is 19.6 Å². The standard InChI is InChI=1S/C20H21ClFN5O2.HI/c1-13(28-17-9-7-16(22)8-10-17)11-24-20(23-2)25-12-18-26-19(27-29-18)14-3-5-15(21)6-4-14;/h3-10,13H,11-12H2,1-2H3,(H2,23,24,25);1H. The summed E-state index contributed by atoms with van der Waals surface area (Å²) in [6.07, 6.45) is -0.154. The summed E-state index contributed by atoms with van der Waals surface area (Å²) >= 11 is 5.89. The van der Waals surface area contributed by atoms with Gasteiger partial charge in [0.05, 0.1) is 13.1 Å². The van der Waals surface area contributed by atoms with Crippen LogP contribution in [-0.2, 0) is 6.54 Å². The van der Waals surface area contributed by atoms with Crippen LogP contribution in [0.1, 0.15) is 12.8 Å². The van der Waals surface area contributed by atoms with Crippen LogP contribution in [-0.4, -0.2) is 35.8 Å². The van der Waals surface area contributed by atoms with Crippen molar-refractivity contribution in [3.05, 3.63) is 65.3 Å². The molecule has 160 valence electrons. The van der Waals surface area contributed by atoms with Crippen molar-refractivity contribution in [1.82, 2.24) is 20.8 Å². The van der Waals surface area contributed by atoms with Gasteiger partial charge < -0.3 is 19.9 Å². The SMILES string of the molecule is CN=C(NCc1nc(-c2ccc(Cl)cc2)no1)NCC(C)Oc1ccc(F)cc1.I. The number of nitrogens with one attached hydrogen (secondary N) is 2. The van der Waals surface area contributed by atoms with Crippen LogP contribution in [0.15, 0.2) is 58.0 Å². The third kappa shape index (κ3) is 7.13. The maximum Gasteiger partial charge on any atom is 0.246 e. The zero-order valence-corrected chi connectivity index (χ0v) is 19.5. The Morgan fingerprint density at radius 2 is 1.87 bits per heavy atom. The van der Waals surface area contributed by atoms with Gasteiger partial charge >= 0.3 is 0 Å². The molecule has 0 saturated heterocycles. The Kier molecular flexibility index (Phi) is 9.31. The minimum absolute atomic E-state index is 0. The summed E-state index contributed by atoms with van der Waals surface area (Å²) in [5, 5.41) is 10.9. The number of nitrogens with zero attached hydrogens (tertiary/aromatic N) is 3. The summed E-state index contributed by atoms with van der Waals surface area (Å²) in [5.41, 5.74) is 0.818. The molecule has 0 aliphatic rings. The summed E-state index contributed by atoms with van der Waals surface area (Å²) in [6, 6.07) is 13.1. The number of aliphatic imine (C=N–C) groups is 1. The topological polar surface area (TPSA) is 84.6 Å². The van der Waals surface area contributed by atoms with Crippen molar-refractivity contribution in [2.75, 3.05) is 13.6 Å². The molecule has 0 aliphatic heterocycles. The molecule has 2 N–H and O–H groups in total. The van der Waals surface area contributed by atoms with Crippen LogP contribution >= 0.6 is 35.6 Å². The molecule has 2 aromatic carbocycles. The van der Waals surface area contributed by atoms with E-state index in [9.17, 15) is 4.39 Å². The molecule has 3 rings (SSSR count). The first-order chi connectivity index (χ1) is 14.0. The first kappa shape index (κ1) is 23.9. The second-order valence-corrected chi connectivity index (χ2v) is 6.64. The van der Waals surface area contributed by atoms with Gasteiger partial charge in [0.15, 0.2) is 5.96 Å². The highest BCUT2D eigenvalue weighted by molar-refractivity contribution is 14.0. The van der Waals surface area contributed by atoms with Gasteiger partial charge in [-0.3, -0.25) is 4.99 Å². The van der Waals surface area contributed by atoms with Gasteiger partial charge in [-0.05, 0) is 55.5 Å². The largest absolute Gasteiger partial charge is 0.489 e. The number of ether oxygens (including phenoxy) is 1. The summed E-state index contributed by atoms with van der Waals surface area (Å²) in [7, 11) is 1.66. The highest BCUT2D eigenvalue weighted by Crippen LogP contribution is 2.18. The van der Waals surface area contributed by atoms with E-state index in [0.717, 1.165) is 5.56 Å². The number of hydrogen-bond acceptors (Lipinski definition) is 5. The third-order valence-corrected chi connectivity index (χ3v) is 4.16. The molecule has 1 unspecified atom stereocenters. The second kappa shape index (κ2) is 11.7. The molecule has 0 fully saturated rings. The summed E-state index contributed by atoms with van der Waals surface area (Å²) < 4.78 is 23.9. The quantitative estimate of drug-likeness (QED) is 0.262. The van der Waals surface area contributed by atoms with Crippen LogP contribution in [0, 0.1) is 5.82 Å². The normalized spacial score (nSPS) is 12.1. The van der Waals surface area contributed by atoms with E-state index in [1.165, 1.54) is 12.1 Å². The minimum Gasteiger partial charge on any atom is -0.489 e. The van der Waals surface area contributed by atoms with Crippen LogP contribution in [0.2, 0.25) is 5.02 Å². The Balaban J connectivity index is 0.00000320. The van der Waals surface area contributed by atoms with Crippen molar-refractivity contribution < 1.29 is 13.7 Å². The zero-order chi connectivity index (χ0) is 20.6. The Labute approximate surface area is 196 Å². The van der Waals surface area contributed by atoms with Crippen LogP contribution < -0.4 is 15.4 Å². The summed E-state index contributed by atoms with van der Waals surface area (Å²) in [6.45, 7) is 2.71. The summed E-state index contributed by atoms with van der Waals surface area (Å²) in [4.78, 5) is 8.51. The molecule has 10 heteroatoms. The van der Waals surface area contributed by atoms with Gasteiger partial charge in [-0.15, -0.1) is 24.0 Å². The molecule has 1 atom stereocenters. The van der Waals surface area contributed by atoms with Crippen LogP contribution in [0.3, 0.4) is 0 Å². The van der Waals surface area contributed by atoms with Crippen molar-refractivity contribution in [3.63, 3.8) is 0 Å². The van der Waals surface area contributed by atoms with E-state index in [1.807, 2.05) is 19.1 Å². The molecule has 1 heterocycles. The minimum atomic E-state index is -0.298. The predicted molar refractivity (Wildman–Crippen MR) is 125 cm³/mol. The van der Waals surface area contributed by atoms with Gasteiger partial charge in [0.1, 0.15) is 17.7 Å². The molecule has 0 bridgehead atoms. The van der Waals surface area contributed by atoms with Crippen molar-refractivity contribution >= 4 is 41.5 Å². The highest BCUT2D eigenvalue weighted by Gasteiger charge is 2.10. The fraction of sp³-hybridized carbons (Fsp3) is 0.250. The maximum absolute atomic E-state index is 12.9. The number of halogens is 3. The Morgan fingerprint density at radius 1 is 1.17 bits per heavy atom. The molecule has 1 aromatic heterocycles. The maximum atomic E-state index is 12.9. The molecule has 0 spiro atoms. The molecule has 0 aliphatic carbocycles. The lowest BCUT2D eigenvalue weighted by Crippen LogP contribution is -2.41. The van der Waals surface area contributed by atoms with Gasteiger partial charge in [-0.2, -0.15) is 4.98 Å². The average Bonchev–Trinajstić information content (AvgIpc) is 3.19. The molecular formula is C20H22ClFIN5O2. The molecule has 0 amide bonds. The van der Waals surface area contributed by atoms with Gasteiger partial charge in [-0.25, -0.2) is 4.39 Å². The van der Waals surface area contributed by atoms with Crippen molar-refractivity contribution in [1.29, 1.82) is 0 Å². The van der Waals surface area contributed by atoms with Gasteiger partial charge in [0.25, 0.3) is 0 Å². The Bertz CT molecular complexity index is 951. The van der Waals surface area contributed by atoms with Crippen molar-refractivity contribution in [2.24, 2.45) is 4.99 Å². The predicted octanol–water partition coefficient (Wildman–Crippen LogP) is 4.28. The fourth-order valence-electron chi connectivity index (χ4n) is 2.45. The average molecular weight is 546 g/mol. The molecule has 3 aromatic rings. The molecular weight excluding hydrogens is 524 g/mol. The lowest BCUT2D eigenvalue weighted by Gasteiger charge is -2.17. The van der Waals surface area contributed by atoms with Crippen LogP contribution in [0.5, 0.6) is 5.75 Å².